The first-order chi connectivity index (χ1) is 13.2. The van der Waals surface area contributed by atoms with Crippen LogP contribution in [0.5, 0.6) is 5.75 Å². The Morgan fingerprint density at radius 1 is 1.22 bits per heavy atom. The molecule has 0 N–H and O–H groups in total. The number of fused-ring (bicyclic) bond motifs is 1. The van der Waals surface area contributed by atoms with Crippen molar-refractivity contribution in [3.63, 3.8) is 0 Å². The van der Waals surface area contributed by atoms with Crippen LogP contribution >= 0.6 is 0 Å². The fraction of sp³-hybridized carbons (Fsp3) is 0.273. The highest BCUT2D eigenvalue weighted by Gasteiger charge is 2.21. The highest BCUT2D eigenvalue weighted by atomic mass is 16.5. The minimum atomic E-state index is 0.809. The van der Waals surface area contributed by atoms with Crippen LogP contribution in [0.15, 0.2) is 53.3 Å². The minimum absolute atomic E-state index is 0.809. The van der Waals surface area contributed by atoms with Crippen molar-refractivity contribution in [2.24, 2.45) is 0 Å². The van der Waals surface area contributed by atoms with Crippen molar-refractivity contribution < 1.29 is 9.26 Å². The van der Waals surface area contributed by atoms with Crippen molar-refractivity contribution in [2.45, 2.75) is 26.7 Å². The molecule has 0 radical (unpaired) electrons. The summed E-state index contributed by atoms with van der Waals surface area (Å²) in [4.78, 5) is 6.70. The summed E-state index contributed by atoms with van der Waals surface area (Å²) in [5.41, 5.74) is 6.48. The topological polar surface area (TPSA) is 51.4 Å². The molecule has 1 aromatic carbocycles. The van der Waals surface area contributed by atoms with Gasteiger partial charge in [0.15, 0.2) is 0 Å². The van der Waals surface area contributed by atoms with Gasteiger partial charge in [0.05, 0.1) is 18.4 Å². The average Bonchev–Trinajstić information content (AvgIpc) is 3.04. The summed E-state index contributed by atoms with van der Waals surface area (Å²) >= 11 is 0. The summed E-state index contributed by atoms with van der Waals surface area (Å²) in [7, 11) is 1.71. The number of methoxy groups -OCH3 is 1. The molecule has 0 saturated heterocycles. The van der Waals surface area contributed by atoms with Crippen molar-refractivity contribution in [2.75, 3.05) is 18.6 Å². The van der Waals surface area contributed by atoms with Gasteiger partial charge in [0.2, 0.25) is 0 Å². The predicted molar refractivity (Wildman–Crippen MR) is 106 cm³/mol. The Kier molecular flexibility index (Phi) is 4.67. The number of ether oxygens (including phenoxy) is 1. The van der Waals surface area contributed by atoms with E-state index in [1.165, 1.54) is 11.3 Å². The van der Waals surface area contributed by atoms with Gasteiger partial charge in [-0.15, -0.1) is 0 Å². The van der Waals surface area contributed by atoms with E-state index in [0.717, 1.165) is 53.4 Å². The monoisotopic (exact) mass is 361 g/mol. The molecule has 138 valence electrons. The van der Waals surface area contributed by atoms with Crippen molar-refractivity contribution in [1.29, 1.82) is 0 Å². The molecule has 27 heavy (non-hydrogen) atoms. The molecule has 0 saturated carbocycles. The van der Waals surface area contributed by atoms with Gasteiger partial charge < -0.3 is 14.2 Å². The maximum Gasteiger partial charge on any atom is 0.141 e. The van der Waals surface area contributed by atoms with E-state index in [9.17, 15) is 0 Å². The third-order valence-corrected chi connectivity index (χ3v) is 4.97. The molecule has 0 spiro atoms. The molecule has 0 amide bonds. The Labute approximate surface area is 159 Å². The normalized spacial score (nSPS) is 12.9. The zero-order valence-corrected chi connectivity index (χ0v) is 15.9. The summed E-state index contributed by atoms with van der Waals surface area (Å²) in [6.07, 6.45) is 7.98. The Morgan fingerprint density at radius 2 is 2.11 bits per heavy atom. The second-order valence-corrected chi connectivity index (χ2v) is 6.73. The number of nitrogens with zero attached hydrogens (tertiary/aromatic N) is 3. The van der Waals surface area contributed by atoms with Crippen molar-refractivity contribution in [3.8, 4) is 16.9 Å². The van der Waals surface area contributed by atoms with E-state index in [1.807, 2.05) is 32.2 Å². The molecular formula is C22H23N3O2. The number of rotatable bonds is 5. The highest BCUT2D eigenvalue weighted by Crippen LogP contribution is 2.40. The van der Waals surface area contributed by atoms with Gasteiger partial charge in [0, 0.05) is 48.4 Å². The van der Waals surface area contributed by atoms with E-state index in [-0.39, 0.29) is 0 Å². The molecule has 1 aliphatic rings. The van der Waals surface area contributed by atoms with Crippen LogP contribution in [0.1, 0.15) is 22.7 Å². The quantitative estimate of drug-likeness (QED) is 0.670. The molecule has 4 rings (SSSR count). The van der Waals surface area contributed by atoms with Crippen molar-refractivity contribution in [1.82, 2.24) is 10.1 Å². The number of benzene rings is 1. The van der Waals surface area contributed by atoms with Gasteiger partial charge in [-0.3, -0.25) is 4.98 Å². The van der Waals surface area contributed by atoms with E-state index >= 15 is 0 Å². The maximum absolute atomic E-state index is 5.72. The van der Waals surface area contributed by atoms with E-state index in [1.54, 1.807) is 7.11 Å². The van der Waals surface area contributed by atoms with E-state index in [0.29, 0.717) is 0 Å². The van der Waals surface area contributed by atoms with Gasteiger partial charge in [-0.25, -0.2) is 0 Å². The summed E-state index contributed by atoms with van der Waals surface area (Å²) in [6.45, 7) is 4.77. The summed E-state index contributed by atoms with van der Waals surface area (Å²) < 4.78 is 11.1. The van der Waals surface area contributed by atoms with Crippen LogP contribution in [0.3, 0.4) is 0 Å². The number of pyridine rings is 1. The van der Waals surface area contributed by atoms with Gasteiger partial charge in [0.25, 0.3) is 0 Å². The molecule has 3 aromatic rings. The molecule has 0 atom stereocenters. The molecule has 5 nitrogen and oxygen atoms in total. The fourth-order valence-electron chi connectivity index (χ4n) is 3.64. The molecule has 2 aromatic heterocycles. The molecule has 0 bridgehead atoms. The van der Waals surface area contributed by atoms with Crippen LogP contribution in [0, 0.1) is 13.8 Å². The number of aryl methyl sites for hydroxylation is 2. The first-order valence-electron chi connectivity index (χ1n) is 9.14. The van der Waals surface area contributed by atoms with Gasteiger partial charge in [-0.2, -0.15) is 0 Å². The lowest BCUT2D eigenvalue weighted by atomic mass is 9.96. The van der Waals surface area contributed by atoms with Gasteiger partial charge in [-0.05, 0) is 44.0 Å². The summed E-state index contributed by atoms with van der Waals surface area (Å²) in [5, 5.41) is 4.10. The fourth-order valence-corrected chi connectivity index (χ4v) is 3.64. The van der Waals surface area contributed by atoms with Crippen LogP contribution in [-0.4, -0.2) is 23.8 Å². The Morgan fingerprint density at radius 3 is 2.81 bits per heavy atom. The van der Waals surface area contributed by atoms with Gasteiger partial charge in [-0.1, -0.05) is 17.3 Å². The Hall–Kier alpha value is -3.08. The lowest BCUT2D eigenvalue weighted by Crippen LogP contribution is -2.23. The number of hydrogen-bond donors (Lipinski definition) is 0. The zero-order valence-electron chi connectivity index (χ0n) is 15.9. The third-order valence-electron chi connectivity index (χ3n) is 4.97. The average molecular weight is 361 g/mol. The molecule has 3 heterocycles. The lowest BCUT2D eigenvalue weighted by Gasteiger charge is -2.28. The van der Waals surface area contributed by atoms with Crippen LogP contribution < -0.4 is 9.64 Å². The number of anilines is 1. The van der Waals surface area contributed by atoms with E-state index < -0.39 is 0 Å². The first-order valence-corrected chi connectivity index (χ1v) is 9.14. The van der Waals surface area contributed by atoms with Crippen LogP contribution in [0.25, 0.3) is 11.1 Å². The van der Waals surface area contributed by atoms with Crippen molar-refractivity contribution in [3.05, 3.63) is 71.5 Å². The second kappa shape index (κ2) is 7.27. The number of aromatic nitrogens is 2. The molecule has 0 fully saturated rings. The molecule has 1 aliphatic heterocycles. The summed E-state index contributed by atoms with van der Waals surface area (Å²) in [6, 6.07) is 10.4. The zero-order chi connectivity index (χ0) is 18.8. The Bertz CT molecular complexity index is 957. The third kappa shape index (κ3) is 3.33. The lowest BCUT2D eigenvalue weighted by molar-refractivity contribution is 0.393. The predicted octanol–water partition coefficient (Wildman–Crippen LogP) is 4.48. The largest absolute Gasteiger partial charge is 0.496 e. The van der Waals surface area contributed by atoms with Crippen LogP contribution in [-0.2, 0) is 12.8 Å². The minimum Gasteiger partial charge on any atom is -0.496 e. The van der Waals surface area contributed by atoms with Crippen LogP contribution in [0.4, 0.5) is 5.69 Å². The molecular weight excluding hydrogens is 338 g/mol. The molecule has 0 unspecified atom stereocenters. The number of allylic oxidation sites excluding steroid dienone is 1. The SMILES string of the molecule is COc1cc2c(cc1-c1c(C)noc1C)CC=CN2CCc1ccccn1. The standard InChI is InChI=1S/C22H23N3O2/c1-15-22(16(2)27-24-15)19-13-17-7-6-11-25(20(17)14-21(19)26-3)12-9-18-8-4-5-10-23-18/h4-6,8,10-11,13-14H,7,9,12H2,1-3H3. The Balaban J connectivity index is 1.68. The maximum atomic E-state index is 5.72. The number of hydrogen-bond acceptors (Lipinski definition) is 5. The first kappa shape index (κ1) is 17.3. The molecule has 5 heteroatoms. The van der Waals surface area contributed by atoms with E-state index in [2.05, 4.69) is 45.5 Å². The van der Waals surface area contributed by atoms with E-state index in [4.69, 9.17) is 9.26 Å². The van der Waals surface area contributed by atoms with Gasteiger partial charge in [0.1, 0.15) is 11.5 Å². The smallest absolute Gasteiger partial charge is 0.141 e. The van der Waals surface area contributed by atoms with Gasteiger partial charge >= 0.3 is 0 Å². The second-order valence-electron chi connectivity index (χ2n) is 6.73. The van der Waals surface area contributed by atoms with Crippen molar-refractivity contribution >= 4 is 5.69 Å². The summed E-state index contributed by atoms with van der Waals surface area (Å²) in [5.74, 6) is 1.64. The molecule has 0 aliphatic carbocycles. The van der Waals surface area contributed by atoms with Crippen LogP contribution in [0.2, 0.25) is 0 Å². The highest BCUT2D eigenvalue weighted by molar-refractivity contribution is 5.79.